The van der Waals surface area contributed by atoms with Crippen LogP contribution in [0.25, 0.3) is 0 Å². The maximum Gasteiger partial charge on any atom is 0.0612 e. The maximum atomic E-state index is 5.90. The molecule has 1 fully saturated rings. The van der Waals surface area contributed by atoms with E-state index in [4.69, 9.17) is 4.74 Å². The van der Waals surface area contributed by atoms with Gasteiger partial charge in [-0.15, -0.1) is 0 Å². The van der Waals surface area contributed by atoms with Crippen molar-refractivity contribution in [2.24, 2.45) is 11.3 Å². The van der Waals surface area contributed by atoms with E-state index in [2.05, 4.69) is 53.7 Å². The van der Waals surface area contributed by atoms with Crippen molar-refractivity contribution in [3.8, 4) is 0 Å². The van der Waals surface area contributed by atoms with Gasteiger partial charge in [0.2, 0.25) is 0 Å². The summed E-state index contributed by atoms with van der Waals surface area (Å²) in [6, 6.07) is 0. The lowest BCUT2D eigenvalue weighted by Crippen LogP contribution is -2.37. The molecule has 1 nitrogen and oxygen atoms in total. The molecule has 0 aromatic heterocycles. The Labute approximate surface area is 107 Å². The SMILES string of the molecule is CC(C)=CC/C=C(\C)C1CC(C)(C)COC1C. The fourth-order valence-electron chi connectivity index (χ4n) is 2.46. The maximum absolute atomic E-state index is 5.90. The summed E-state index contributed by atoms with van der Waals surface area (Å²) in [5.74, 6) is 0.587. The largest absolute Gasteiger partial charge is 0.377 e. The minimum atomic E-state index is 0.322. The summed E-state index contributed by atoms with van der Waals surface area (Å²) in [5, 5.41) is 0. The van der Waals surface area contributed by atoms with Gasteiger partial charge in [-0.05, 0) is 46.0 Å². The highest BCUT2D eigenvalue weighted by molar-refractivity contribution is 5.11. The average molecular weight is 236 g/mol. The summed E-state index contributed by atoms with van der Waals surface area (Å²) in [4.78, 5) is 0. The van der Waals surface area contributed by atoms with Gasteiger partial charge in [-0.1, -0.05) is 37.1 Å². The van der Waals surface area contributed by atoms with Gasteiger partial charge in [-0.2, -0.15) is 0 Å². The zero-order valence-electron chi connectivity index (χ0n) is 12.3. The molecule has 2 atom stereocenters. The molecule has 1 heterocycles. The summed E-state index contributed by atoms with van der Waals surface area (Å²) in [7, 11) is 0. The predicted molar refractivity (Wildman–Crippen MR) is 75.1 cm³/mol. The standard InChI is InChI=1S/C16H28O/c1-12(2)8-7-9-13(3)15-10-16(5,6)11-17-14(15)4/h8-9,14-15H,7,10-11H2,1-6H3/b13-9+. The quantitative estimate of drug-likeness (QED) is 0.643. The molecule has 0 saturated carbocycles. The van der Waals surface area contributed by atoms with Crippen molar-refractivity contribution in [2.75, 3.05) is 6.61 Å². The Morgan fingerprint density at radius 2 is 1.88 bits per heavy atom. The van der Waals surface area contributed by atoms with Crippen LogP contribution in [0, 0.1) is 11.3 Å². The lowest BCUT2D eigenvalue weighted by Gasteiger charge is -2.40. The van der Waals surface area contributed by atoms with Crippen LogP contribution >= 0.6 is 0 Å². The van der Waals surface area contributed by atoms with Gasteiger partial charge in [0.25, 0.3) is 0 Å². The summed E-state index contributed by atoms with van der Waals surface area (Å²) in [5.41, 5.74) is 3.20. The van der Waals surface area contributed by atoms with Gasteiger partial charge >= 0.3 is 0 Å². The van der Waals surface area contributed by atoms with Crippen molar-refractivity contribution in [3.63, 3.8) is 0 Å². The minimum absolute atomic E-state index is 0.322. The average Bonchev–Trinajstić information content (AvgIpc) is 2.21. The highest BCUT2D eigenvalue weighted by Crippen LogP contribution is 2.37. The zero-order valence-corrected chi connectivity index (χ0v) is 12.3. The molecule has 0 amide bonds. The minimum Gasteiger partial charge on any atom is -0.377 e. The monoisotopic (exact) mass is 236 g/mol. The van der Waals surface area contributed by atoms with Gasteiger partial charge in [0.05, 0.1) is 12.7 Å². The van der Waals surface area contributed by atoms with Crippen molar-refractivity contribution in [3.05, 3.63) is 23.3 Å². The third kappa shape index (κ3) is 4.67. The van der Waals surface area contributed by atoms with Gasteiger partial charge in [0.1, 0.15) is 0 Å². The molecule has 2 unspecified atom stereocenters. The summed E-state index contributed by atoms with van der Waals surface area (Å²) in [6.45, 7) is 14.3. The van der Waals surface area contributed by atoms with Crippen molar-refractivity contribution in [2.45, 2.75) is 60.5 Å². The van der Waals surface area contributed by atoms with Gasteiger partial charge in [-0.3, -0.25) is 0 Å². The van der Waals surface area contributed by atoms with Crippen molar-refractivity contribution < 1.29 is 4.74 Å². The zero-order chi connectivity index (χ0) is 13.1. The third-order valence-electron chi connectivity index (χ3n) is 3.63. The van der Waals surface area contributed by atoms with E-state index in [0.717, 1.165) is 13.0 Å². The molecule has 0 aliphatic carbocycles. The van der Waals surface area contributed by atoms with E-state index < -0.39 is 0 Å². The van der Waals surface area contributed by atoms with E-state index in [-0.39, 0.29) is 0 Å². The molecule has 1 rings (SSSR count). The molecular weight excluding hydrogens is 208 g/mol. The molecule has 0 aromatic rings. The van der Waals surface area contributed by atoms with E-state index >= 15 is 0 Å². The van der Waals surface area contributed by atoms with Gasteiger partial charge in [0, 0.05) is 5.92 Å². The molecule has 0 N–H and O–H groups in total. The highest BCUT2D eigenvalue weighted by Gasteiger charge is 2.33. The molecule has 17 heavy (non-hydrogen) atoms. The van der Waals surface area contributed by atoms with Crippen LogP contribution < -0.4 is 0 Å². The van der Waals surface area contributed by atoms with Crippen LogP contribution in [-0.4, -0.2) is 12.7 Å². The Hall–Kier alpha value is -0.560. The first-order valence-corrected chi connectivity index (χ1v) is 6.73. The molecule has 0 radical (unpaired) electrons. The van der Waals surface area contributed by atoms with Crippen LogP contribution in [0.15, 0.2) is 23.3 Å². The predicted octanol–water partition coefficient (Wildman–Crippen LogP) is 4.74. The van der Waals surface area contributed by atoms with E-state index in [1.807, 2.05) is 0 Å². The third-order valence-corrected chi connectivity index (χ3v) is 3.63. The Bertz CT molecular complexity index is 305. The van der Waals surface area contributed by atoms with Crippen LogP contribution in [0.1, 0.15) is 54.4 Å². The molecule has 1 saturated heterocycles. The van der Waals surface area contributed by atoms with Crippen LogP contribution in [0.3, 0.4) is 0 Å². The van der Waals surface area contributed by atoms with Gasteiger partial charge in [-0.25, -0.2) is 0 Å². The second-order valence-electron chi connectivity index (χ2n) is 6.46. The van der Waals surface area contributed by atoms with Gasteiger partial charge in [0.15, 0.2) is 0 Å². The van der Waals surface area contributed by atoms with Crippen molar-refractivity contribution >= 4 is 0 Å². The smallest absolute Gasteiger partial charge is 0.0612 e. The number of hydrogen-bond acceptors (Lipinski definition) is 1. The Morgan fingerprint density at radius 1 is 1.24 bits per heavy atom. The first kappa shape index (κ1) is 14.5. The number of rotatable bonds is 3. The van der Waals surface area contributed by atoms with E-state index in [0.29, 0.717) is 17.4 Å². The van der Waals surface area contributed by atoms with Gasteiger partial charge < -0.3 is 4.74 Å². The normalized spacial score (nSPS) is 28.9. The fraction of sp³-hybridized carbons (Fsp3) is 0.750. The Kier molecular flexibility index (Phi) is 5.00. The molecule has 1 heteroatoms. The summed E-state index contributed by atoms with van der Waals surface area (Å²) < 4.78 is 5.90. The molecular formula is C16H28O. The molecule has 1 aliphatic rings. The molecule has 0 spiro atoms. The lowest BCUT2D eigenvalue weighted by molar-refractivity contribution is -0.0666. The number of allylic oxidation sites excluding steroid dienone is 3. The first-order chi connectivity index (χ1) is 7.82. The van der Waals surface area contributed by atoms with Crippen LogP contribution in [0.2, 0.25) is 0 Å². The molecule has 0 bridgehead atoms. The number of hydrogen-bond donors (Lipinski definition) is 0. The summed E-state index contributed by atoms with van der Waals surface area (Å²) >= 11 is 0. The lowest BCUT2D eigenvalue weighted by atomic mass is 9.76. The number of ether oxygens (including phenoxy) is 1. The Morgan fingerprint density at radius 3 is 2.47 bits per heavy atom. The van der Waals surface area contributed by atoms with Crippen LogP contribution in [0.4, 0.5) is 0 Å². The van der Waals surface area contributed by atoms with Crippen molar-refractivity contribution in [1.29, 1.82) is 0 Å². The van der Waals surface area contributed by atoms with E-state index in [1.165, 1.54) is 17.6 Å². The first-order valence-electron chi connectivity index (χ1n) is 6.73. The van der Waals surface area contributed by atoms with E-state index in [9.17, 15) is 0 Å². The van der Waals surface area contributed by atoms with Crippen LogP contribution in [-0.2, 0) is 4.74 Å². The molecule has 0 aromatic carbocycles. The van der Waals surface area contributed by atoms with E-state index in [1.54, 1.807) is 0 Å². The highest BCUT2D eigenvalue weighted by atomic mass is 16.5. The molecule has 1 aliphatic heterocycles. The fourth-order valence-corrected chi connectivity index (χ4v) is 2.46. The molecule has 98 valence electrons. The summed E-state index contributed by atoms with van der Waals surface area (Å²) in [6.07, 6.45) is 7.30. The second-order valence-corrected chi connectivity index (χ2v) is 6.46. The topological polar surface area (TPSA) is 9.23 Å². The van der Waals surface area contributed by atoms with Crippen LogP contribution in [0.5, 0.6) is 0 Å². The second kappa shape index (κ2) is 5.86. The Balaban J connectivity index is 2.66. The van der Waals surface area contributed by atoms with Crippen molar-refractivity contribution in [1.82, 2.24) is 0 Å².